The topological polar surface area (TPSA) is 93.4 Å². The average Bonchev–Trinajstić information content (AvgIpc) is 2.81. The largest absolute Gasteiger partial charge is 0.444 e. The van der Waals surface area contributed by atoms with E-state index in [2.05, 4.69) is 25.8 Å². The van der Waals surface area contributed by atoms with Gasteiger partial charge in [-0.2, -0.15) is 0 Å². The Morgan fingerprint density at radius 1 is 1.40 bits per heavy atom. The van der Waals surface area contributed by atoms with E-state index >= 15 is 0 Å². The number of ether oxygens (including phenoxy) is 1. The van der Waals surface area contributed by atoms with Crippen LogP contribution in [0.3, 0.4) is 0 Å². The first-order valence-corrected chi connectivity index (χ1v) is 6.31. The van der Waals surface area contributed by atoms with Gasteiger partial charge in [-0.05, 0) is 20.8 Å². The van der Waals surface area contributed by atoms with Crippen molar-refractivity contribution < 1.29 is 9.53 Å². The lowest BCUT2D eigenvalue weighted by Crippen LogP contribution is -2.35. The third-order valence-electron chi connectivity index (χ3n) is 2.30. The number of anilines is 1. The molecular formula is C12H18N6O2. The maximum Gasteiger partial charge on any atom is 0.407 e. The summed E-state index contributed by atoms with van der Waals surface area (Å²) < 4.78 is 6.89. The Balaban J connectivity index is 1.79. The van der Waals surface area contributed by atoms with Crippen molar-refractivity contribution in [1.82, 2.24) is 24.9 Å². The molecule has 2 rings (SSSR count). The highest BCUT2D eigenvalue weighted by Gasteiger charge is 2.15. The van der Waals surface area contributed by atoms with Crippen LogP contribution >= 0.6 is 0 Å². The summed E-state index contributed by atoms with van der Waals surface area (Å²) in [6.07, 6.45) is 4.58. The molecule has 1 amide bonds. The zero-order chi connectivity index (χ0) is 14.6. The molecule has 2 aromatic rings. The first kappa shape index (κ1) is 14.0. The molecule has 20 heavy (non-hydrogen) atoms. The summed E-state index contributed by atoms with van der Waals surface area (Å²) in [5.41, 5.74) is 0.149. The number of hydrogen-bond acceptors (Lipinski definition) is 6. The van der Waals surface area contributed by atoms with E-state index in [1.54, 1.807) is 23.1 Å². The summed E-state index contributed by atoms with van der Waals surface area (Å²) in [5.74, 6) is 0.621. The van der Waals surface area contributed by atoms with Crippen molar-refractivity contribution in [1.29, 1.82) is 0 Å². The fraction of sp³-hybridized carbons (Fsp3) is 0.500. The van der Waals surface area contributed by atoms with Crippen LogP contribution in [-0.2, 0) is 4.74 Å². The van der Waals surface area contributed by atoms with Crippen molar-refractivity contribution in [2.24, 2.45) is 0 Å². The summed E-state index contributed by atoms with van der Waals surface area (Å²) in [5, 5.41) is 13.5. The molecule has 0 aliphatic carbocycles. The molecule has 2 heterocycles. The lowest BCUT2D eigenvalue weighted by Gasteiger charge is -2.19. The van der Waals surface area contributed by atoms with Crippen molar-refractivity contribution >= 4 is 17.6 Å². The van der Waals surface area contributed by atoms with Crippen LogP contribution in [0.2, 0.25) is 0 Å². The van der Waals surface area contributed by atoms with Gasteiger partial charge in [0.25, 0.3) is 0 Å². The molecule has 0 spiro atoms. The molecule has 0 fully saturated rings. The van der Waals surface area contributed by atoms with Gasteiger partial charge in [0.1, 0.15) is 11.9 Å². The van der Waals surface area contributed by atoms with Crippen LogP contribution in [0.4, 0.5) is 10.6 Å². The van der Waals surface area contributed by atoms with Gasteiger partial charge in [0.2, 0.25) is 5.65 Å². The third kappa shape index (κ3) is 3.81. The van der Waals surface area contributed by atoms with Crippen LogP contribution in [-0.4, -0.2) is 44.4 Å². The van der Waals surface area contributed by atoms with E-state index in [-0.39, 0.29) is 0 Å². The predicted octanol–water partition coefficient (Wildman–Crippen LogP) is 1.06. The number of hydrogen-bond donors (Lipinski definition) is 2. The fourth-order valence-electron chi connectivity index (χ4n) is 1.54. The van der Waals surface area contributed by atoms with Crippen molar-refractivity contribution in [3.63, 3.8) is 0 Å². The van der Waals surface area contributed by atoms with Crippen molar-refractivity contribution in [3.8, 4) is 0 Å². The highest BCUT2D eigenvalue weighted by atomic mass is 16.6. The van der Waals surface area contributed by atoms with Crippen molar-refractivity contribution in [2.75, 3.05) is 18.4 Å². The Kier molecular flexibility index (Phi) is 4.02. The molecule has 0 aromatic carbocycles. The summed E-state index contributed by atoms with van der Waals surface area (Å²) in [6, 6.07) is 0. The maximum atomic E-state index is 11.4. The van der Waals surface area contributed by atoms with E-state index in [1.807, 2.05) is 20.8 Å². The van der Waals surface area contributed by atoms with Crippen molar-refractivity contribution in [3.05, 3.63) is 18.7 Å². The van der Waals surface area contributed by atoms with Gasteiger partial charge in [0, 0.05) is 25.5 Å². The second kappa shape index (κ2) is 5.72. The Labute approximate surface area is 116 Å². The lowest BCUT2D eigenvalue weighted by atomic mass is 10.2. The van der Waals surface area contributed by atoms with Gasteiger partial charge < -0.3 is 15.4 Å². The molecule has 0 unspecified atom stereocenters. The molecule has 0 saturated carbocycles. The molecule has 2 aromatic heterocycles. The Morgan fingerprint density at radius 3 is 2.95 bits per heavy atom. The average molecular weight is 278 g/mol. The molecule has 8 nitrogen and oxygen atoms in total. The first-order chi connectivity index (χ1) is 9.46. The number of nitrogens with one attached hydrogen (secondary N) is 2. The van der Waals surface area contributed by atoms with Crippen LogP contribution in [0.1, 0.15) is 20.8 Å². The Morgan fingerprint density at radius 2 is 2.20 bits per heavy atom. The Hall–Kier alpha value is -2.38. The van der Waals surface area contributed by atoms with Gasteiger partial charge in [0.15, 0.2) is 5.82 Å². The summed E-state index contributed by atoms with van der Waals surface area (Å²) in [4.78, 5) is 15.6. The number of amides is 1. The Bertz CT molecular complexity index is 589. The molecule has 0 aliphatic rings. The molecule has 0 aliphatic heterocycles. The molecule has 0 saturated heterocycles. The third-order valence-corrected chi connectivity index (χ3v) is 2.30. The molecular weight excluding hydrogens is 260 g/mol. The second-order valence-electron chi connectivity index (χ2n) is 5.19. The number of alkyl carbamates (subject to hydrolysis) is 1. The highest BCUT2D eigenvalue weighted by Crippen LogP contribution is 2.09. The molecule has 8 heteroatoms. The number of aromatic nitrogens is 4. The van der Waals surface area contributed by atoms with Crippen LogP contribution in [0, 0.1) is 0 Å². The standard InChI is InChI=1S/C12H18N6O2/c1-12(2,3)20-11(19)15-5-4-13-9-10-17-16-8-18(10)7-6-14-9/h6-8H,4-5H2,1-3H3,(H,13,14)(H,15,19). The smallest absolute Gasteiger partial charge is 0.407 e. The van der Waals surface area contributed by atoms with Crippen LogP contribution in [0.25, 0.3) is 5.65 Å². The van der Waals surface area contributed by atoms with Gasteiger partial charge in [0.05, 0.1) is 0 Å². The minimum atomic E-state index is -0.494. The van der Waals surface area contributed by atoms with E-state index in [1.165, 1.54) is 0 Å². The van der Waals surface area contributed by atoms with Gasteiger partial charge in [-0.25, -0.2) is 9.78 Å². The second-order valence-corrected chi connectivity index (χ2v) is 5.19. The SMILES string of the molecule is CC(C)(C)OC(=O)NCCNc1nccn2cnnc12. The quantitative estimate of drug-likeness (QED) is 0.812. The normalized spacial score (nSPS) is 11.3. The van der Waals surface area contributed by atoms with Crippen LogP contribution in [0.5, 0.6) is 0 Å². The van der Waals surface area contributed by atoms with Crippen LogP contribution < -0.4 is 10.6 Å². The number of carbonyl (C=O) groups excluding carboxylic acids is 1. The number of nitrogens with zero attached hydrogens (tertiary/aromatic N) is 4. The van der Waals surface area contributed by atoms with E-state index in [0.29, 0.717) is 24.6 Å². The predicted molar refractivity (Wildman–Crippen MR) is 73.5 cm³/mol. The molecule has 108 valence electrons. The van der Waals surface area contributed by atoms with E-state index in [0.717, 1.165) is 0 Å². The highest BCUT2D eigenvalue weighted by molar-refractivity contribution is 5.67. The fourth-order valence-corrected chi connectivity index (χ4v) is 1.54. The van der Waals surface area contributed by atoms with Gasteiger partial charge in [-0.1, -0.05) is 0 Å². The first-order valence-electron chi connectivity index (χ1n) is 6.31. The summed E-state index contributed by atoms with van der Waals surface area (Å²) in [6.45, 7) is 6.40. The zero-order valence-corrected chi connectivity index (χ0v) is 11.8. The van der Waals surface area contributed by atoms with Gasteiger partial charge in [-0.15, -0.1) is 10.2 Å². The number of carbonyl (C=O) groups is 1. The minimum Gasteiger partial charge on any atom is -0.444 e. The molecule has 0 radical (unpaired) electrons. The lowest BCUT2D eigenvalue weighted by molar-refractivity contribution is 0.0530. The van der Waals surface area contributed by atoms with E-state index in [9.17, 15) is 4.79 Å². The molecule has 0 atom stereocenters. The molecule has 0 bridgehead atoms. The zero-order valence-electron chi connectivity index (χ0n) is 11.8. The van der Waals surface area contributed by atoms with E-state index in [4.69, 9.17) is 4.74 Å². The number of fused-ring (bicyclic) bond motifs is 1. The number of rotatable bonds is 4. The minimum absolute atomic E-state index is 0.422. The van der Waals surface area contributed by atoms with Gasteiger partial charge in [-0.3, -0.25) is 4.40 Å². The van der Waals surface area contributed by atoms with Gasteiger partial charge >= 0.3 is 6.09 Å². The van der Waals surface area contributed by atoms with Crippen LogP contribution in [0.15, 0.2) is 18.7 Å². The van der Waals surface area contributed by atoms with Crippen molar-refractivity contribution in [2.45, 2.75) is 26.4 Å². The van der Waals surface area contributed by atoms with E-state index < -0.39 is 11.7 Å². The monoisotopic (exact) mass is 278 g/mol. The summed E-state index contributed by atoms with van der Waals surface area (Å²) >= 11 is 0. The molecule has 2 N–H and O–H groups in total. The maximum absolute atomic E-state index is 11.4. The summed E-state index contributed by atoms with van der Waals surface area (Å²) in [7, 11) is 0.